The predicted octanol–water partition coefficient (Wildman–Crippen LogP) is 3.31. The summed E-state index contributed by atoms with van der Waals surface area (Å²) >= 11 is 3.35. The van der Waals surface area contributed by atoms with Crippen LogP contribution in [-0.4, -0.2) is 17.9 Å². The molecule has 0 aliphatic rings. The van der Waals surface area contributed by atoms with Crippen LogP contribution in [0.15, 0.2) is 51.7 Å². The first-order valence-electron chi connectivity index (χ1n) is 5.19. The molecule has 0 fully saturated rings. The molecule has 3 nitrogen and oxygen atoms in total. The van der Waals surface area contributed by atoms with E-state index in [-0.39, 0.29) is 5.91 Å². The molecule has 0 saturated carbocycles. The second-order valence-corrected chi connectivity index (χ2v) is 4.72. The highest BCUT2D eigenvalue weighted by Gasteiger charge is 2.12. The quantitative estimate of drug-likeness (QED) is 0.870. The Balaban J connectivity index is 2.09. The lowest BCUT2D eigenvalue weighted by molar-refractivity contribution is 0.0785. The Morgan fingerprint density at radius 3 is 2.88 bits per heavy atom. The van der Waals surface area contributed by atoms with Crippen molar-refractivity contribution in [1.82, 2.24) is 4.90 Å². The molecule has 2 aromatic rings. The highest BCUT2D eigenvalue weighted by atomic mass is 79.9. The van der Waals surface area contributed by atoms with Crippen LogP contribution < -0.4 is 0 Å². The van der Waals surface area contributed by atoms with E-state index >= 15 is 0 Å². The van der Waals surface area contributed by atoms with Gasteiger partial charge in [0, 0.05) is 29.2 Å². The van der Waals surface area contributed by atoms with Gasteiger partial charge in [0.1, 0.15) is 0 Å². The number of furan rings is 1. The van der Waals surface area contributed by atoms with Crippen molar-refractivity contribution < 1.29 is 9.21 Å². The maximum Gasteiger partial charge on any atom is 0.253 e. The van der Waals surface area contributed by atoms with E-state index in [1.54, 1.807) is 30.5 Å². The van der Waals surface area contributed by atoms with Crippen molar-refractivity contribution in [2.45, 2.75) is 6.54 Å². The van der Waals surface area contributed by atoms with E-state index in [1.165, 1.54) is 0 Å². The summed E-state index contributed by atoms with van der Waals surface area (Å²) in [6.07, 6.45) is 3.25. The Labute approximate surface area is 108 Å². The fraction of sp³-hybridized carbons (Fsp3) is 0.154. The minimum absolute atomic E-state index is 0.00694. The van der Waals surface area contributed by atoms with E-state index in [1.807, 2.05) is 24.3 Å². The molecule has 0 aliphatic heterocycles. The van der Waals surface area contributed by atoms with E-state index < -0.39 is 0 Å². The molecule has 1 heterocycles. The van der Waals surface area contributed by atoms with Gasteiger partial charge in [-0.2, -0.15) is 0 Å². The fourth-order valence-corrected chi connectivity index (χ4v) is 1.97. The van der Waals surface area contributed by atoms with Crippen molar-refractivity contribution in [3.05, 3.63) is 58.5 Å². The van der Waals surface area contributed by atoms with Gasteiger partial charge in [-0.1, -0.05) is 22.0 Å². The van der Waals surface area contributed by atoms with Crippen LogP contribution in [0.4, 0.5) is 0 Å². The van der Waals surface area contributed by atoms with Gasteiger partial charge in [0.2, 0.25) is 0 Å². The number of carbonyl (C=O) groups excluding carboxylic acids is 1. The molecule has 0 aliphatic carbocycles. The minimum atomic E-state index is -0.00694. The van der Waals surface area contributed by atoms with Crippen molar-refractivity contribution in [2.24, 2.45) is 0 Å². The van der Waals surface area contributed by atoms with Crippen LogP contribution in [0.3, 0.4) is 0 Å². The lowest BCUT2D eigenvalue weighted by Gasteiger charge is -2.16. The molecule has 4 heteroatoms. The zero-order chi connectivity index (χ0) is 12.3. The molecular formula is C13H12BrNO2. The third-order valence-corrected chi connectivity index (χ3v) is 2.91. The van der Waals surface area contributed by atoms with Crippen molar-refractivity contribution in [3.8, 4) is 0 Å². The van der Waals surface area contributed by atoms with Gasteiger partial charge in [-0.25, -0.2) is 0 Å². The molecule has 2 rings (SSSR count). The lowest BCUT2D eigenvalue weighted by atomic mass is 10.2. The Kier molecular flexibility index (Phi) is 3.64. The van der Waals surface area contributed by atoms with E-state index in [0.717, 1.165) is 10.0 Å². The summed E-state index contributed by atoms with van der Waals surface area (Å²) in [5.41, 5.74) is 1.65. The van der Waals surface area contributed by atoms with Crippen LogP contribution in [0.5, 0.6) is 0 Å². The summed E-state index contributed by atoms with van der Waals surface area (Å²) in [4.78, 5) is 13.8. The molecule has 1 aromatic heterocycles. The highest BCUT2D eigenvalue weighted by Crippen LogP contribution is 2.14. The van der Waals surface area contributed by atoms with Crippen LogP contribution in [0.2, 0.25) is 0 Å². The number of benzene rings is 1. The summed E-state index contributed by atoms with van der Waals surface area (Å²) < 4.78 is 5.88. The molecule has 0 spiro atoms. The van der Waals surface area contributed by atoms with Crippen molar-refractivity contribution in [2.75, 3.05) is 7.05 Å². The summed E-state index contributed by atoms with van der Waals surface area (Å²) in [6.45, 7) is 0.543. The summed E-state index contributed by atoms with van der Waals surface area (Å²) in [5.74, 6) is -0.00694. The standard InChI is InChI=1S/C13H12BrNO2/c1-15(8-10-5-6-17-9-10)13(16)11-3-2-4-12(14)7-11/h2-7,9H,8H2,1H3. The van der Waals surface area contributed by atoms with Gasteiger partial charge in [0.25, 0.3) is 5.91 Å². The number of carbonyl (C=O) groups is 1. The molecule has 0 radical (unpaired) electrons. The van der Waals surface area contributed by atoms with Crippen LogP contribution in [0.1, 0.15) is 15.9 Å². The number of halogens is 1. The topological polar surface area (TPSA) is 33.5 Å². The van der Waals surface area contributed by atoms with Crippen molar-refractivity contribution in [1.29, 1.82) is 0 Å². The van der Waals surface area contributed by atoms with E-state index in [0.29, 0.717) is 12.1 Å². The molecule has 1 aromatic carbocycles. The lowest BCUT2D eigenvalue weighted by Crippen LogP contribution is -2.25. The van der Waals surface area contributed by atoms with Gasteiger partial charge in [-0.15, -0.1) is 0 Å². The Morgan fingerprint density at radius 1 is 1.41 bits per heavy atom. The van der Waals surface area contributed by atoms with E-state index in [2.05, 4.69) is 15.9 Å². The van der Waals surface area contributed by atoms with Crippen molar-refractivity contribution in [3.63, 3.8) is 0 Å². The smallest absolute Gasteiger partial charge is 0.253 e. The van der Waals surface area contributed by atoms with Gasteiger partial charge in [-0.05, 0) is 24.3 Å². The maximum absolute atomic E-state index is 12.1. The third-order valence-electron chi connectivity index (χ3n) is 2.42. The average Bonchev–Trinajstić information content (AvgIpc) is 2.80. The summed E-state index contributed by atoms with van der Waals surface area (Å²) in [5, 5.41) is 0. The van der Waals surface area contributed by atoms with Gasteiger partial charge in [0.05, 0.1) is 12.5 Å². The molecule has 0 saturated heterocycles. The van der Waals surface area contributed by atoms with Crippen LogP contribution in [0, 0.1) is 0 Å². The largest absolute Gasteiger partial charge is 0.472 e. The second kappa shape index (κ2) is 5.19. The van der Waals surface area contributed by atoms with Crippen LogP contribution in [-0.2, 0) is 6.54 Å². The first kappa shape index (κ1) is 11.9. The number of hydrogen-bond acceptors (Lipinski definition) is 2. The van der Waals surface area contributed by atoms with E-state index in [4.69, 9.17) is 4.42 Å². The molecule has 0 N–H and O–H groups in total. The molecule has 17 heavy (non-hydrogen) atoms. The molecule has 0 atom stereocenters. The number of nitrogens with zero attached hydrogens (tertiary/aromatic N) is 1. The Morgan fingerprint density at radius 2 is 2.24 bits per heavy atom. The second-order valence-electron chi connectivity index (χ2n) is 3.80. The third kappa shape index (κ3) is 2.97. The van der Waals surface area contributed by atoms with Gasteiger partial charge < -0.3 is 9.32 Å². The number of rotatable bonds is 3. The molecule has 0 unspecified atom stereocenters. The average molecular weight is 294 g/mol. The van der Waals surface area contributed by atoms with Gasteiger partial charge in [-0.3, -0.25) is 4.79 Å². The number of hydrogen-bond donors (Lipinski definition) is 0. The first-order chi connectivity index (χ1) is 8.16. The molecule has 1 amide bonds. The SMILES string of the molecule is CN(Cc1ccoc1)C(=O)c1cccc(Br)c1. The van der Waals surface area contributed by atoms with Gasteiger partial charge in [0.15, 0.2) is 0 Å². The minimum Gasteiger partial charge on any atom is -0.472 e. The maximum atomic E-state index is 12.1. The van der Waals surface area contributed by atoms with Gasteiger partial charge >= 0.3 is 0 Å². The van der Waals surface area contributed by atoms with Crippen molar-refractivity contribution >= 4 is 21.8 Å². The number of amides is 1. The monoisotopic (exact) mass is 293 g/mol. The summed E-state index contributed by atoms with van der Waals surface area (Å²) in [7, 11) is 1.77. The zero-order valence-electron chi connectivity index (χ0n) is 9.39. The first-order valence-corrected chi connectivity index (χ1v) is 5.98. The predicted molar refractivity (Wildman–Crippen MR) is 68.6 cm³/mol. The zero-order valence-corrected chi connectivity index (χ0v) is 11.0. The summed E-state index contributed by atoms with van der Waals surface area (Å²) in [6, 6.07) is 9.22. The highest BCUT2D eigenvalue weighted by molar-refractivity contribution is 9.10. The normalized spacial score (nSPS) is 10.2. The van der Waals surface area contributed by atoms with Crippen LogP contribution >= 0.6 is 15.9 Å². The van der Waals surface area contributed by atoms with Crippen LogP contribution in [0.25, 0.3) is 0 Å². The fourth-order valence-electron chi connectivity index (χ4n) is 1.57. The molecule has 88 valence electrons. The molecular weight excluding hydrogens is 282 g/mol. The Bertz CT molecular complexity index is 508. The van der Waals surface area contributed by atoms with E-state index in [9.17, 15) is 4.79 Å². The molecule has 0 bridgehead atoms. The Hall–Kier alpha value is -1.55.